The molecule has 1 radical (unpaired) electrons. The van der Waals surface area contributed by atoms with Crippen LogP contribution in [0.5, 0.6) is 11.5 Å². The van der Waals surface area contributed by atoms with Gasteiger partial charge in [0.15, 0.2) is 0 Å². The van der Waals surface area contributed by atoms with E-state index in [1.54, 1.807) is 0 Å². The van der Waals surface area contributed by atoms with E-state index in [1.165, 1.54) is 173 Å². The van der Waals surface area contributed by atoms with Crippen molar-refractivity contribution in [3.05, 3.63) is 30.7 Å². The highest BCUT2D eigenvalue weighted by Gasteiger charge is 2.04. The van der Waals surface area contributed by atoms with Crippen LogP contribution in [0.1, 0.15) is 199 Å². The summed E-state index contributed by atoms with van der Waals surface area (Å²) >= 11 is 0. The molecule has 0 bridgehead atoms. The van der Waals surface area contributed by atoms with Crippen molar-refractivity contribution in [3.8, 4) is 11.5 Å². The average Bonchev–Trinajstić information content (AvgIpc) is 3.01. The lowest BCUT2D eigenvalue weighted by Crippen LogP contribution is -2.01. The summed E-state index contributed by atoms with van der Waals surface area (Å²) in [5.74, 6) is 1.89. The van der Waals surface area contributed by atoms with Gasteiger partial charge in [-0.3, -0.25) is 0 Å². The third kappa shape index (κ3) is 25.3. The highest BCUT2D eigenvalue weighted by Crippen LogP contribution is 2.24. The molecule has 0 spiro atoms. The highest BCUT2D eigenvalue weighted by molar-refractivity contribution is 5.38. The van der Waals surface area contributed by atoms with Crippen LogP contribution in [0.2, 0.25) is 0 Å². The summed E-state index contributed by atoms with van der Waals surface area (Å²) in [6.07, 6.45) is 39.6. The molecular formula is C40H73O2. The molecule has 0 aromatic heterocycles. The van der Waals surface area contributed by atoms with Crippen molar-refractivity contribution in [3.63, 3.8) is 0 Å². The van der Waals surface area contributed by atoms with E-state index < -0.39 is 0 Å². The van der Waals surface area contributed by atoms with Crippen molar-refractivity contribution in [1.82, 2.24) is 0 Å². The zero-order valence-corrected chi connectivity index (χ0v) is 28.7. The second-order valence-corrected chi connectivity index (χ2v) is 13.0. The Morgan fingerprint density at radius 3 is 0.905 bits per heavy atom. The Morgan fingerprint density at radius 2 is 0.643 bits per heavy atom. The van der Waals surface area contributed by atoms with E-state index in [0.717, 1.165) is 44.0 Å². The minimum absolute atomic E-state index is 0.769. The summed E-state index contributed by atoms with van der Waals surface area (Å²) in [6.45, 7) is 10.3. The molecule has 2 heteroatoms. The van der Waals surface area contributed by atoms with Gasteiger partial charge in [0.05, 0.1) is 13.2 Å². The minimum atomic E-state index is 0.769. The molecule has 0 aliphatic carbocycles. The second kappa shape index (κ2) is 31.3. The van der Waals surface area contributed by atoms with Gasteiger partial charge in [0.1, 0.15) is 11.5 Å². The largest absolute Gasteiger partial charge is 0.493 e. The summed E-state index contributed by atoms with van der Waals surface area (Å²) in [6, 6.07) is 6.35. The van der Waals surface area contributed by atoms with Crippen LogP contribution in [0.25, 0.3) is 0 Å². The molecular weight excluding hydrogens is 512 g/mol. The van der Waals surface area contributed by atoms with Crippen LogP contribution < -0.4 is 9.47 Å². The number of ether oxygens (including phenoxy) is 2. The van der Waals surface area contributed by atoms with E-state index >= 15 is 0 Å². The van der Waals surface area contributed by atoms with Crippen LogP contribution >= 0.6 is 0 Å². The minimum Gasteiger partial charge on any atom is -0.493 e. The lowest BCUT2D eigenvalue weighted by Gasteiger charge is -2.12. The first-order chi connectivity index (χ1) is 20.8. The maximum atomic E-state index is 6.12. The van der Waals surface area contributed by atoms with Crippen LogP contribution in [0, 0.1) is 6.92 Å². The first-order valence-corrected chi connectivity index (χ1v) is 19.0. The Balaban J connectivity index is 1.99. The second-order valence-electron chi connectivity index (χ2n) is 13.0. The maximum Gasteiger partial charge on any atom is 0.123 e. The van der Waals surface area contributed by atoms with Crippen molar-refractivity contribution in [2.45, 2.75) is 200 Å². The van der Waals surface area contributed by atoms with Gasteiger partial charge in [-0.1, -0.05) is 181 Å². The van der Waals surface area contributed by atoms with Gasteiger partial charge in [-0.25, -0.2) is 0 Å². The molecule has 0 heterocycles. The van der Waals surface area contributed by atoms with Gasteiger partial charge in [-0.05, 0) is 43.9 Å². The van der Waals surface area contributed by atoms with Crippen molar-refractivity contribution in [1.29, 1.82) is 0 Å². The Kier molecular flexibility index (Phi) is 28.9. The third-order valence-corrected chi connectivity index (χ3v) is 8.76. The molecule has 0 aliphatic heterocycles. The van der Waals surface area contributed by atoms with Gasteiger partial charge in [0.2, 0.25) is 0 Å². The van der Waals surface area contributed by atoms with Crippen molar-refractivity contribution in [2.24, 2.45) is 0 Å². The van der Waals surface area contributed by atoms with Gasteiger partial charge < -0.3 is 9.47 Å². The molecule has 1 aromatic rings. The smallest absolute Gasteiger partial charge is 0.123 e. The molecule has 245 valence electrons. The Labute approximate surface area is 264 Å². The van der Waals surface area contributed by atoms with Crippen LogP contribution in [0.15, 0.2) is 18.2 Å². The summed E-state index contributed by atoms with van der Waals surface area (Å²) < 4.78 is 12.2. The molecule has 0 saturated carbocycles. The van der Waals surface area contributed by atoms with Crippen LogP contribution in [0.4, 0.5) is 0 Å². The molecule has 2 nitrogen and oxygen atoms in total. The van der Waals surface area contributed by atoms with Crippen molar-refractivity contribution >= 4 is 0 Å². The van der Waals surface area contributed by atoms with E-state index in [-0.39, 0.29) is 0 Å². The van der Waals surface area contributed by atoms with Crippen molar-refractivity contribution in [2.75, 3.05) is 13.2 Å². The van der Waals surface area contributed by atoms with Crippen LogP contribution in [-0.4, -0.2) is 13.2 Å². The molecule has 0 unspecified atom stereocenters. The number of hydrogen-bond donors (Lipinski definition) is 0. The molecule has 1 rings (SSSR count). The van der Waals surface area contributed by atoms with E-state index in [4.69, 9.17) is 9.47 Å². The van der Waals surface area contributed by atoms with E-state index in [0.29, 0.717) is 0 Å². The maximum absolute atomic E-state index is 6.12. The van der Waals surface area contributed by atoms with Crippen molar-refractivity contribution < 1.29 is 9.47 Å². The zero-order chi connectivity index (χ0) is 30.2. The quantitative estimate of drug-likeness (QED) is 0.0764. The molecule has 0 aliphatic rings. The summed E-state index contributed by atoms with van der Waals surface area (Å²) in [4.78, 5) is 0. The average molecular weight is 586 g/mol. The summed E-state index contributed by atoms with van der Waals surface area (Å²) in [5.41, 5.74) is 1.20. The molecule has 0 saturated heterocycles. The molecule has 0 N–H and O–H groups in total. The van der Waals surface area contributed by atoms with E-state index in [2.05, 4.69) is 39.0 Å². The SMILES string of the molecule is [CH2]Cc1cc(OCCCCCCCCCCCCCCCC)cc(OCCCCCCCCCCCCCCCC)c1. The van der Waals surface area contributed by atoms with Gasteiger partial charge in [0, 0.05) is 6.07 Å². The predicted molar refractivity (Wildman–Crippen MR) is 187 cm³/mol. The van der Waals surface area contributed by atoms with E-state index in [9.17, 15) is 0 Å². The van der Waals surface area contributed by atoms with Gasteiger partial charge in [-0.2, -0.15) is 0 Å². The number of rotatable bonds is 33. The molecule has 42 heavy (non-hydrogen) atoms. The number of benzene rings is 1. The number of unbranched alkanes of at least 4 members (excludes halogenated alkanes) is 26. The molecule has 1 aromatic carbocycles. The fraction of sp³-hybridized carbons (Fsp3) is 0.825. The fourth-order valence-corrected chi connectivity index (χ4v) is 5.91. The summed E-state index contributed by atoms with van der Waals surface area (Å²) in [7, 11) is 0. The Morgan fingerprint density at radius 1 is 0.381 bits per heavy atom. The molecule has 0 amide bonds. The van der Waals surface area contributed by atoms with E-state index in [1.807, 2.05) is 0 Å². The van der Waals surface area contributed by atoms with Crippen LogP contribution in [-0.2, 0) is 6.42 Å². The lowest BCUT2D eigenvalue weighted by atomic mass is 10.0. The monoisotopic (exact) mass is 586 g/mol. The Hall–Kier alpha value is -1.18. The van der Waals surface area contributed by atoms with Gasteiger partial charge in [-0.15, -0.1) is 0 Å². The first kappa shape index (κ1) is 38.8. The standard InChI is InChI=1S/C40H73O2/c1-4-7-9-11-13-15-17-19-21-23-25-27-29-31-33-41-39-35-38(6-3)36-40(37-39)42-34-32-30-28-26-24-22-20-18-16-14-12-10-8-5-2/h35-37H,3-34H2,1-2H3. The third-order valence-electron chi connectivity index (χ3n) is 8.76. The normalized spacial score (nSPS) is 11.3. The lowest BCUT2D eigenvalue weighted by molar-refractivity contribution is 0.289. The van der Waals surface area contributed by atoms with Gasteiger partial charge >= 0.3 is 0 Å². The first-order valence-electron chi connectivity index (χ1n) is 19.0. The topological polar surface area (TPSA) is 18.5 Å². The Bertz CT molecular complexity index is 617. The zero-order valence-electron chi connectivity index (χ0n) is 28.7. The fourth-order valence-electron chi connectivity index (χ4n) is 5.91. The van der Waals surface area contributed by atoms with Crippen LogP contribution in [0.3, 0.4) is 0 Å². The molecule has 0 fully saturated rings. The summed E-state index contributed by atoms with van der Waals surface area (Å²) in [5, 5.41) is 0. The molecule has 0 atom stereocenters. The highest BCUT2D eigenvalue weighted by atomic mass is 16.5. The predicted octanol–water partition coefficient (Wildman–Crippen LogP) is 13.8. The van der Waals surface area contributed by atoms with Gasteiger partial charge in [0.25, 0.3) is 0 Å². The number of hydrogen-bond acceptors (Lipinski definition) is 2.